The largest absolute Gasteiger partial charge is 0.484 e. The van der Waals surface area contributed by atoms with Crippen LogP contribution in [0.15, 0.2) is 30.5 Å². The molecule has 434 valence electrons. The predicted octanol–water partition coefficient (Wildman–Crippen LogP) is 4.29. The number of pyridine rings is 1. The van der Waals surface area contributed by atoms with Gasteiger partial charge >= 0.3 is 12.1 Å². The first-order chi connectivity index (χ1) is 37.2. The topological polar surface area (TPSA) is 304 Å². The number of nitrogens with one attached hydrogen (secondary N) is 6. The van der Waals surface area contributed by atoms with Crippen molar-refractivity contribution in [2.75, 3.05) is 79.0 Å². The number of benzene rings is 1. The van der Waals surface area contributed by atoms with Crippen molar-refractivity contribution in [1.29, 1.82) is 5.26 Å². The average Bonchev–Trinajstić information content (AvgIpc) is 3.89. The minimum atomic E-state index is -1.00. The van der Waals surface area contributed by atoms with Gasteiger partial charge in [0.05, 0.1) is 63.3 Å². The highest BCUT2D eigenvalue weighted by molar-refractivity contribution is 6.07. The molecule has 23 heteroatoms. The van der Waals surface area contributed by atoms with Crippen LogP contribution in [-0.2, 0) is 52.5 Å². The number of carbonyl (C=O) groups is 8. The summed E-state index contributed by atoms with van der Waals surface area (Å²) in [4.78, 5) is 108. The lowest BCUT2D eigenvalue weighted by molar-refractivity contribution is -0.159. The van der Waals surface area contributed by atoms with Gasteiger partial charge in [0.2, 0.25) is 23.6 Å². The van der Waals surface area contributed by atoms with Gasteiger partial charge in [-0.15, -0.1) is 0 Å². The van der Waals surface area contributed by atoms with Crippen molar-refractivity contribution in [2.24, 2.45) is 0 Å². The maximum Gasteiger partial charge on any atom is 0.407 e. The molecule has 1 fully saturated rings. The van der Waals surface area contributed by atoms with Crippen molar-refractivity contribution >= 4 is 58.4 Å². The van der Waals surface area contributed by atoms with Crippen molar-refractivity contribution in [3.8, 4) is 11.8 Å². The standard InChI is InChI=1S/C55H85N9O14/c1-8-9-10-19-46(65)58-24-13-12-18-44(52(71)77-54(2,3)4)63-51(70)43(17-11-14-25-60-53(72)78-55(5,6)7)62-47(66)23-29-73-31-33-75-34-32-74-30-27-59-48(67)38-76-40-20-21-41-42(22-26-57-45(41)35-40)50(69)61-37-49(68)64-28-15-16-39(64)36-56/h20-22,26,35,39,43-44H,8-19,23-25,27-34,37-38H2,1-7H3,(H,58,65)(H,59,67)(H,60,72)(H,61,69)(H,62,66)(H,63,70)/t39-,43-,44-/m0/s1. The smallest absolute Gasteiger partial charge is 0.407 e. The van der Waals surface area contributed by atoms with E-state index in [-0.39, 0.29) is 103 Å². The molecule has 0 spiro atoms. The third-order valence-corrected chi connectivity index (χ3v) is 11.7. The summed E-state index contributed by atoms with van der Waals surface area (Å²) in [7, 11) is 0. The molecule has 0 saturated carbocycles. The Hall–Kier alpha value is -6.64. The number of likely N-dealkylation sites (tertiary alicyclic amines) is 1. The molecule has 2 aromatic rings. The Bertz CT molecular complexity index is 2280. The summed E-state index contributed by atoms with van der Waals surface area (Å²) < 4.78 is 33.3. The molecule has 23 nitrogen and oxygen atoms in total. The summed E-state index contributed by atoms with van der Waals surface area (Å²) in [6, 6.07) is 6.06. The van der Waals surface area contributed by atoms with Crippen molar-refractivity contribution in [2.45, 2.75) is 161 Å². The summed E-state index contributed by atoms with van der Waals surface area (Å²) in [5, 5.41) is 26.3. The number of hydrogen-bond donors (Lipinski definition) is 6. The van der Waals surface area contributed by atoms with Crippen molar-refractivity contribution < 1.29 is 66.8 Å². The predicted molar refractivity (Wildman–Crippen MR) is 289 cm³/mol. The highest BCUT2D eigenvalue weighted by atomic mass is 16.6. The Morgan fingerprint density at radius 2 is 1.36 bits per heavy atom. The highest BCUT2D eigenvalue weighted by Crippen LogP contribution is 2.23. The van der Waals surface area contributed by atoms with Gasteiger partial charge in [-0.05, 0) is 118 Å². The lowest BCUT2D eigenvalue weighted by Gasteiger charge is -2.26. The number of unbranched alkanes of at least 4 members (excludes halogenated alkanes) is 4. The monoisotopic (exact) mass is 1100 g/mol. The van der Waals surface area contributed by atoms with Gasteiger partial charge in [-0.1, -0.05) is 19.8 Å². The van der Waals surface area contributed by atoms with Gasteiger partial charge in [0.15, 0.2) is 6.61 Å². The van der Waals surface area contributed by atoms with Crippen LogP contribution < -0.4 is 36.6 Å². The van der Waals surface area contributed by atoms with E-state index in [2.05, 4.69) is 49.9 Å². The molecule has 2 heterocycles. The fraction of sp³-hybridized carbons (Fsp3) is 0.673. The second-order valence-corrected chi connectivity index (χ2v) is 20.8. The van der Waals surface area contributed by atoms with E-state index in [0.29, 0.717) is 73.8 Å². The molecule has 0 aliphatic carbocycles. The third kappa shape index (κ3) is 27.6. The van der Waals surface area contributed by atoms with Crippen LogP contribution in [0.3, 0.4) is 0 Å². The Kier molecular flexibility index (Phi) is 30.1. The Morgan fingerprint density at radius 3 is 2.04 bits per heavy atom. The number of hydrogen-bond acceptors (Lipinski definition) is 16. The summed E-state index contributed by atoms with van der Waals surface area (Å²) in [6.45, 7) is 14.7. The van der Waals surface area contributed by atoms with Crippen LogP contribution in [0.2, 0.25) is 0 Å². The number of ether oxygens (including phenoxy) is 6. The molecule has 1 aromatic carbocycles. The zero-order chi connectivity index (χ0) is 57.4. The highest BCUT2D eigenvalue weighted by Gasteiger charge is 2.31. The van der Waals surface area contributed by atoms with E-state index in [1.807, 2.05) is 0 Å². The molecular formula is C55H85N9O14. The summed E-state index contributed by atoms with van der Waals surface area (Å²) in [6.07, 6.45) is 8.00. The third-order valence-electron chi connectivity index (χ3n) is 11.7. The number of nitrogens with zero attached hydrogens (tertiary/aromatic N) is 3. The van der Waals surface area contributed by atoms with Crippen LogP contribution in [0.25, 0.3) is 10.9 Å². The Labute approximate surface area is 459 Å². The van der Waals surface area contributed by atoms with E-state index >= 15 is 0 Å². The second-order valence-electron chi connectivity index (χ2n) is 20.8. The first kappa shape index (κ1) is 65.6. The number of amides is 7. The van der Waals surface area contributed by atoms with E-state index in [9.17, 15) is 43.6 Å². The minimum Gasteiger partial charge on any atom is -0.484 e. The molecule has 1 aliphatic rings. The quantitative estimate of drug-likeness (QED) is 0.0410. The van der Waals surface area contributed by atoms with Gasteiger partial charge in [0.25, 0.3) is 11.8 Å². The summed E-state index contributed by atoms with van der Waals surface area (Å²) in [5.74, 6) is -2.42. The average molecular weight is 1100 g/mol. The number of fused-ring (bicyclic) bond motifs is 1. The molecule has 0 bridgehead atoms. The molecule has 1 aromatic heterocycles. The second kappa shape index (κ2) is 35.7. The zero-order valence-corrected chi connectivity index (χ0v) is 46.9. The van der Waals surface area contributed by atoms with E-state index < -0.39 is 59.1 Å². The maximum atomic E-state index is 13.8. The van der Waals surface area contributed by atoms with Gasteiger partial charge in [-0.25, -0.2) is 9.59 Å². The van der Waals surface area contributed by atoms with Crippen LogP contribution in [-0.4, -0.2) is 166 Å². The fourth-order valence-corrected chi connectivity index (χ4v) is 7.87. The van der Waals surface area contributed by atoms with Crippen LogP contribution in [0.1, 0.15) is 142 Å². The van der Waals surface area contributed by atoms with E-state index in [0.717, 1.165) is 25.7 Å². The van der Waals surface area contributed by atoms with Gasteiger partial charge < -0.3 is 65.2 Å². The molecule has 0 radical (unpaired) electrons. The van der Waals surface area contributed by atoms with E-state index in [1.54, 1.807) is 65.8 Å². The fourth-order valence-electron chi connectivity index (χ4n) is 7.87. The van der Waals surface area contributed by atoms with E-state index in [1.165, 1.54) is 11.1 Å². The maximum absolute atomic E-state index is 13.8. The molecule has 7 amide bonds. The van der Waals surface area contributed by atoms with Gasteiger partial charge in [0.1, 0.15) is 35.1 Å². The molecule has 78 heavy (non-hydrogen) atoms. The van der Waals surface area contributed by atoms with Crippen LogP contribution in [0, 0.1) is 11.3 Å². The Balaban J connectivity index is 1.35. The minimum absolute atomic E-state index is 0.0198. The molecule has 1 saturated heterocycles. The molecule has 3 atom stereocenters. The lowest BCUT2D eigenvalue weighted by Crippen LogP contribution is -2.52. The number of alkyl carbamates (subject to hydrolysis) is 1. The number of carbonyl (C=O) groups excluding carboxylic acids is 8. The van der Waals surface area contributed by atoms with Crippen molar-refractivity contribution in [3.05, 3.63) is 36.0 Å². The summed E-state index contributed by atoms with van der Waals surface area (Å²) >= 11 is 0. The van der Waals surface area contributed by atoms with Crippen molar-refractivity contribution in [3.63, 3.8) is 0 Å². The van der Waals surface area contributed by atoms with Gasteiger partial charge in [0, 0.05) is 56.7 Å². The molecule has 1 aliphatic heterocycles. The number of aromatic nitrogens is 1. The number of rotatable bonds is 36. The lowest BCUT2D eigenvalue weighted by atomic mass is 10.1. The number of nitriles is 1. The molecule has 6 N–H and O–H groups in total. The number of esters is 1. The van der Waals surface area contributed by atoms with Crippen molar-refractivity contribution in [1.82, 2.24) is 41.8 Å². The first-order valence-corrected chi connectivity index (χ1v) is 27.2. The molecule has 3 rings (SSSR count). The van der Waals surface area contributed by atoms with E-state index in [4.69, 9.17) is 28.4 Å². The first-order valence-electron chi connectivity index (χ1n) is 27.2. The SMILES string of the molecule is CCCCCC(=O)NCCCC[C@H](NC(=O)[C@H](CCCCNC(=O)OC(C)(C)C)NC(=O)CCOCCOCCOCCNC(=O)COc1ccc2c(C(=O)NCC(=O)N3CCC[C@H]3C#N)ccnc2c1)C(=O)OC(C)(C)C. The van der Waals surface area contributed by atoms with Gasteiger partial charge in [-0.2, -0.15) is 5.26 Å². The molecule has 0 unspecified atom stereocenters. The summed E-state index contributed by atoms with van der Waals surface area (Å²) in [5.41, 5.74) is -0.705. The zero-order valence-electron chi connectivity index (χ0n) is 46.9. The van der Waals surface area contributed by atoms with Crippen LogP contribution >= 0.6 is 0 Å². The Morgan fingerprint density at radius 1 is 0.705 bits per heavy atom. The molecular weight excluding hydrogens is 1010 g/mol. The van der Waals surface area contributed by atoms with Gasteiger partial charge in [-0.3, -0.25) is 33.8 Å². The van der Waals surface area contributed by atoms with Crippen LogP contribution in [0.5, 0.6) is 5.75 Å². The van der Waals surface area contributed by atoms with Crippen LogP contribution in [0.4, 0.5) is 4.79 Å². The normalized spacial score (nSPS) is 14.1.